The van der Waals surface area contributed by atoms with E-state index >= 15 is 0 Å². The van der Waals surface area contributed by atoms with Gasteiger partial charge in [0.1, 0.15) is 19.6 Å². The number of benzene rings is 2. The average molecular weight is 601 g/mol. The van der Waals surface area contributed by atoms with Crippen LogP contribution in [-0.2, 0) is 37.9 Å². The van der Waals surface area contributed by atoms with Crippen molar-refractivity contribution in [1.82, 2.24) is 15.1 Å². The van der Waals surface area contributed by atoms with Crippen LogP contribution in [0.1, 0.15) is 35.0 Å². The number of nitrogens with one attached hydrogen (secondary N) is 1. The van der Waals surface area contributed by atoms with E-state index in [2.05, 4.69) is 19.7 Å². The summed E-state index contributed by atoms with van der Waals surface area (Å²) in [5.41, 5.74) is 1.59. The summed E-state index contributed by atoms with van der Waals surface area (Å²) < 4.78 is 40.9. The number of ether oxygens (including phenoxy) is 1. The first-order valence-corrected chi connectivity index (χ1v) is 14.3. The Kier molecular flexibility index (Phi) is 8.68. The van der Waals surface area contributed by atoms with Gasteiger partial charge in [0.15, 0.2) is 5.11 Å². The topological polar surface area (TPSA) is 157 Å². The molecular formula is C26H28N6O7S2. The molecule has 1 aromatic heterocycles. The number of aryl methyl sites for hydroxylation is 2. The molecule has 0 spiro atoms. The normalized spacial score (nSPS) is 15.9. The third-order valence-electron chi connectivity index (χ3n) is 6.42. The third kappa shape index (κ3) is 6.36. The van der Waals surface area contributed by atoms with Gasteiger partial charge in [0.05, 0.1) is 24.0 Å². The number of thiocarbonyl (C=S) groups is 1. The maximum absolute atomic E-state index is 13.2. The fourth-order valence-electron chi connectivity index (χ4n) is 4.17. The molecule has 4 rings (SSSR count). The van der Waals surface area contributed by atoms with Crippen LogP contribution in [0.15, 0.2) is 62.3 Å². The summed E-state index contributed by atoms with van der Waals surface area (Å²) in [4.78, 5) is 40.7. The number of amides is 2. The van der Waals surface area contributed by atoms with Gasteiger partial charge < -0.3 is 19.5 Å². The van der Waals surface area contributed by atoms with Gasteiger partial charge in [-0.25, -0.2) is 9.48 Å². The Balaban J connectivity index is 1.59. The third-order valence-corrected chi connectivity index (χ3v) is 8.15. The molecule has 1 aliphatic rings. The van der Waals surface area contributed by atoms with E-state index in [-0.39, 0.29) is 46.7 Å². The summed E-state index contributed by atoms with van der Waals surface area (Å²) in [5.74, 6) is -1.36. The second-order valence-electron chi connectivity index (χ2n) is 9.16. The van der Waals surface area contributed by atoms with E-state index in [9.17, 15) is 22.8 Å². The highest BCUT2D eigenvalue weighted by Gasteiger charge is 2.44. The van der Waals surface area contributed by atoms with Crippen molar-refractivity contribution < 1.29 is 36.7 Å². The lowest BCUT2D eigenvalue weighted by molar-refractivity contribution is -0.752. The van der Waals surface area contributed by atoms with Gasteiger partial charge in [0.2, 0.25) is 5.91 Å². The number of carbonyl (C=O) groups is 3. The van der Waals surface area contributed by atoms with Crippen molar-refractivity contribution >= 4 is 50.8 Å². The molecule has 1 saturated heterocycles. The number of aromatic nitrogens is 2. The van der Waals surface area contributed by atoms with Gasteiger partial charge in [-0.2, -0.15) is 8.42 Å². The molecule has 15 heteroatoms. The highest BCUT2D eigenvalue weighted by molar-refractivity contribution is 7.90. The quantitative estimate of drug-likeness (QED) is 0.212. The first kappa shape index (κ1) is 29.6. The molecule has 1 atom stereocenters. The minimum absolute atomic E-state index is 0.0219. The monoisotopic (exact) mass is 600 g/mol. The molecule has 216 valence electrons. The number of hydrogen-bond donors (Lipinski definition) is 1. The Labute approximate surface area is 241 Å². The Hall–Kier alpha value is -4.37. The highest BCUT2D eigenvalue weighted by atomic mass is 32.2. The lowest BCUT2D eigenvalue weighted by Gasteiger charge is -2.22. The van der Waals surface area contributed by atoms with Crippen LogP contribution in [0, 0.1) is 6.92 Å². The average Bonchev–Trinajstić information content (AvgIpc) is 3.39. The largest absolute Gasteiger partial charge is 0.486 e. The molecule has 1 aliphatic heterocycles. The Bertz CT molecular complexity index is 1660. The standard InChI is InChI=1S/C26H28N6O7S2/c1-5-31-24(34)20(14-22(33)27-18-10-8-17(9-11-18)25(35)38-4)32(26(31)40)15-21-23(39-29-30(21)3)28-41(36,37)19-12-6-16(2)7-13-19/h6-13,20H,5,14-15H2,1-4H3,(H,27,33)/b28-23-. The van der Waals surface area contributed by atoms with Crippen molar-refractivity contribution in [2.45, 2.75) is 37.8 Å². The fourth-order valence-corrected chi connectivity index (χ4v) is 5.52. The number of likely N-dealkylation sites (N-methyl/N-ethyl adjacent to an activating group) is 1. The van der Waals surface area contributed by atoms with Crippen LogP contribution in [0.5, 0.6) is 0 Å². The molecule has 41 heavy (non-hydrogen) atoms. The zero-order valence-electron chi connectivity index (χ0n) is 22.7. The number of nitrogens with zero attached hydrogens (tertiary/aromatic N) is 5. The molecule has 0 bridgehead atoms. The lowest BCUT2D eigenvalue weighted by Crippen LogP contribution is -2.45. The second kappa shape index (κ2) is 12.0. The van der Waals surface area contributed by atoms with E-state index in [1.165, 1.54) is 52.9 Å². The molecule has 3 aromatic rings. The lowest BCUT2D eigenvalue weighted by atomic mass is 10.1. The van der Waals surface area contributed by atoms with E-state index in [0.717, 1.165) is 5.56 Å². The molecule has 1 unspecified atom stereocenters. The fraction of sp³-hybridized carbons (Fsp3) is 0.308. The van der Waals surface area contributed by atoms with Crippen molar-refractivity contribution in [3.8, 4) is 0 Å². The zero-order chi connectivity index (χ0) is 29.9. The smallest absolute Gasteiger partial charge is 0.337 e. The van der Waals surface area contributed by atoms with Gasteiger partial charge in [-0.05, 0) is 62.5 Å². The number of rotatable bonds is 9. The first-order valence-electron chi connectivity index (χ1n) is 12.4. The van der Waals surface area contributed by atoms with Gasteiger partial charge in [0.25, 0.3) is 27.2 Å². The maximum atomic E-state index is 13.2. The summed E-state index contributed by atoms with van der Waals surface area (Å²) in [5, 5.41) is 6.69. The van der Waals surface area contributed by atoms with Crippen molar-refractivity contribution in [1.29, 1.82) is 0 Å². The van der Waals surface area contributed by atoms with Crippen LogP contribution < -0.4 is 20.8 Å². The van der Waals surface area contributed by atoms with E-state index in [1.54, 1.807) is 31.2 Å². The summed E-state index contributed by atoms with van der Waals surface area (Å²) in [6.45, 7) is 3.76. The zero-order valence-corrected chi connectivity index (χ0v) is 24.4. The minimum Gasteiger partial charge on any atom is -0.486 e. The number of carbonyl (C=O) groups excluding carboxylic acids is 3. The maximum Gasteiger partial charge on any atom is 0.337 e. The van der Waals surface area contributed by atoms with Crippen molar-refractivity contribution in [2.75, 3.05) is 19.0 Å². The first-order chi connectivity index (χ1) is 19.4. The molecule has 1 N–H and O–H groups in total. The minimum atomic E-state index is -4.13. The Morgan fingerprint density at radius 3 is 2.44 bits per heavy atom. The molecule has 0 aliphatic carbocycles. The summed E-state index contributed by atoms with van der Waals surface area (Å²) in [6.07, 6.45) is -0.253. The van der Waals surface area contributed by atoms with Gasteiger partial charge in [-0.15, -0.1) is 4.40 Å². The Morgan fingerprint density at radius 2 is 1.83 bits per heavy atom. The van der Waals surface area contributed by atoms with Crippen molar-refractivity contribution in [3.63, 3.8) is 0 Å². The van der Waals surface area contributed by atoms with Crippen LogP contribution in [0.2, 0.25) is 0 Å². The second-order valence-corrected chi connectivity index (χ2v) is 11.1. The molecule has 2 heterocycles. The number of hydrogen-bond acceptors (Lipinski definition) is 8. The molecule has 0 saturated carbocycles. The van der Waals surface area contributed by atoms with E-state index in [4.69, 9.17) is 16.7 Å². The van der Waals surface area contributed by atoms with Gasteiger partial charge >= 0.3 is 5.97 Å². The van der Waals surface area contributed by atoms with Crippen LogP contribution >= 0.6 is 12.2 Å². The molecule has 13 nitrogen and oxygen atoms in total. The number of anilines is 1. The predicted octanol–water partition coefficient (Wildman–Crippen LogP) is 0.792. The molecule has 2 amide bonds. The van der Waals surface area contributed by atoms with Crippen LogP contribution in [0.25, 0.3) is 0 Å². The van der Waals surface area contributed by atoms with Crippen LogP contribution in [-0.4, -0.2) is 60.8 Å². The number of sulfonamides is 1. The highest BCUT2D eigenvalue weighted by Crippen LogP contribution is 2.23. The predicted molar refractivity (Wildman–Crippen MR) is 147 cm³/mol. The number of methoxy groups -OCH3 is 1. The van der Waals surface area contributed by atoms with Gasteiger partial charge in [-0.3, -0.25) is 19.8 Å². The molecule has 1 fully saturated rings. The van der Waals surface area contributed by atoms with E-state index in [0.29, 0.717) is 11.3 Å². The van der Waals surface area contributed by atoms with Crippen LogP contribution in [0.3, 0.4) is 0 Å². The van der Waals surface area contributed by atoms with E-state index < -0.39 is 27.9 Å². The summed E-state index contributed by atoms with van der Waals surface area (Å²) in [7, 11) is -1.33. The van der Waals surface area contributed by atoms with Crippen molar-refractivity contribution in [3.05, 3.63) is 70.9 Å². The SMILES string of the molecule is CCN1C(=O)C(CC(=O)Nc2ccc(C(=O)OC)cc2)N(Cc2/c(=N/S(=O)(=O)c3ccc(C)cc3)o[n-][n+]2C)C1=S. The number of esters is 1. The van der Waals surface area contributed by atoms with Gasteiger partial charge in [0, 0.05) is 12.2 Å². The molecule has 2 aromatic carbocycles. The summed E-state index contributed by atoms with van der Waals surface area (Å²) >= 11 is 5.55. The Morgan fingerprint density at radius 1 is 1.17 bits per heavy atom. The molecular weight excluding hydrogens is 572 g/mol. The van der Waals surface area contributed by atoms with Crippen LogP contribution in [0.4, 0.5) is 5.69 Å². The van der Waals surface area contributed by atoms with Crippen molar-refractivity contribution in [2.24, 2.45) is 11.4 Å². The van der Waals surface area contributed by atoms with Gasteiger partial charge in [-0.1, -0.05) is 17.7 Å². The summed E-state index contributed by atoms with van der Waals surface area (Å²) in [6, 6.07) is 11.3. The molecule has 0 radical (unpaired) electrons. The van der Waals surface area contributed by atoms with E-state index in [1.807, 2.05) is 6.92 Å².